The molecule has 0 bridgehead atoms. The fourth-order valence-corrected chi connectivity index (χ4v) is 3.81. The van der Waals surface area contributed by atoms with Gasteiger partial charge < -0.3 is 25.0 Å². The van der Waals surface area contributed by atoms with Crippen molar-refractivity contribution in [2.24, 2.45) is 0 Å². The van der Waals surface area contributed by atoms with Gasteiger partial charge in [0.25, 0.3) is 0 Å². The van der Waals surface area contributed by atoms with Crippen molar-refractivity contribution in [1.82, 2.24) is 10.3 Å². The Morgan fingerprint density at radius 1 is 1.00 bits per heavy atom. The molecule has 1 atom stereocenters. The first-order valence-electron chi connectivity index (χ1n) is 11.9. The smallest absolute Gasteiger partial charge is 0.248 e. The van der Waals surface area contributed by atoms with Crippen molar-refractivity contribution in [2.45, 2.75) is 77.7 Å². The Hall–Kier alpha value is -3.00. The molecule has 0 saturated carbocycles. The lowest BCUT2D eigenvalue weighted by Crippen LogP contribution is -2.47. The molecule has 0 unspecified atom stereocenters. The van der Waals surface area contributed by atoms with Gasteiger partial charge in [0.05, 0.1) is 0 Å². The molecule has 1 aromatic carbocycles. The molecule has 1 saturated heterocycles. The van der Waals surface area contributed by atoms with Gasteiger partial charge in [-0.2, -0.15) is 0 Å². The van der Waals surface area contributed by atoms with Crippen LogP contribution in [0.2, 0.25) is 5.02 Å². The SMILES string of the molecule is CC(C)(C)c1cc(N)no1.CC(C)(C)c1cc(NC(=O)[C@@H]2CCCCN2c2ccc(Cl)cc2)no1. The fourth-order valence-electron chi connectivity index (χ4n) is 3.69. The fraction of sp³-hybridized carbons (Fsp3) is 0.500. The topological polar surface area (TPSA) is 110 Å². The highest BCUT2D eigenvalue weighted by molar-refractivity contribution is 6.30. The molecule has 0 radical (unpaired) electrons. The van der Waals surface area contributed by atoms with E-state index in [1.54, 1.807) is 12.1 Å². The molecule has 0 aliphatic carbocycles. The number of carbonyl (C=O) groups is 1. The number of piperidine rings is 1. The van der Waals surface area contributed by atoms with Crippen molar-refractivity contribution < 1.29 is 13.8 Å². The highest BCUT2D eigenvalue weighted by atomic mass is 35.5. The van der Waals surface area contributed by atoms with Gasteiger partial charge in [0.1, 0.15) is 17.6 Å². The molecule has 0 spiro atoms. The molecular formula is C26H36ClN5O3. The third kappa shape index (κ3) is 7.24. The van der Waals surface area contributed by atoms with Crippen molar-refractivity contribution in [3.05, 3.63) is 52.9 Å². The molecular weight excluding hydrogens is 466 g/mol. The predicted octanol–water partition coefficient (Wildman–Crippen LogP) is 6.18. The zero-order valence-corrected chi connectivity index (χ0v) is 22.1. The van der Waals surface area contributed by atoms with Gasteiger partial charge in [-0.3, -0.25) is 4.79 Å². The van der Waals surface area contributed by atoms with Crippen LogP contribution in [0.25, 0.3) is 0 Å². The number of nitrogens with zero attached hydrogens (tertiary/aromatic N) is 3. The van der Waals surface area contributed by atoms with Crippen molar-refractivity contribution >= 4 is 34.8 Å². The molecule has 3 N–H and O–H groups in total. The van der Waals surface area contributed by atoms with Crippen LogP contribution in [-0.2, 0) is 15.6 Å². The maximum absolute atomic E-state index is 12.8. The average molecular weight is 502 g/mol. The van der Waals surface area contributed by atoms with Gasteiger partial charge in [-0.15, -0.1) is 0 Å². The van der Waals surface area contributed by atoms with Gasteiger partial charge in [-0.05, 0) is 43.5 Å². The number of aromatic nitrogens is 2. The number of nitrogen functional groups attached to an aromatic ring is 1. The molecule has 9 heteroatoms. The number of hydrogen-bond acceptors (Lipinski definition) is 7. The van der Waals surface area contributed by atoms with Crippen molar-refractivity contribution in [1.29, 1.82) is 0 Å². The van der Waals surface area contributed by atoms with Crippen LogP contribution in [0.15, 0.2) is 45.4 Å². The number of amides is 1. The maximum atomic E-state index is 12.8. The monoisotopic (exact) mass is 501 g/mol. The normalized spacial score (nSPS) is 16.4. The van der Waals surface area contributed by atoms with E-state index < -0.39 is 0 Å². The summed E-state index contributed by atoms with van der Waals surface area (Å²) in [4.78, 5) is 15.0. The molecule has 1 amide bonds. The van der Waals surface area contributed by atoms with E-state index in [1.807, 2.05) is 65.8 Å². The minimum absolute atomic E-state index is 0.00458. The van der Waals surface area contributed by atoms with E-state index in [9.17, 15) is 4.79 Å². The summed E-state index contributed by atoms with van der Waals surface area (Å²) in [6.45, 7) is 13.1. The summed E-state index contributed by atoms with van der Waals surface area (Å²) in [5, 5.41) is 11.2. The minimum atomic E-state index is -0.218. The summed E-state index contributed by atoms with van der Waals surface area (Å²) in [7, 11) is 0. The second-order valence-corrected chi connectivity index (χ2v) is 11.3. The van der Waals surface area contributed by atoms with Crippen molar-refractivity contribution in [3.8, 4) is 0 Å². The standard InChI is InChI=1S/C19H24ClN3O2.C7H12N2O/c1-19(2,3)16-12-17(22-25-16)21-18(24)15-6-4-5-11-23(15)14-9-7-13(20)8-10-14;1-7(2,3)5-4-6(8)9-10-5/h7-10,12,15H,4-6,11H2,1-3H3,(H,21,22,24);4H,1-3H3,(H2,8,9)/t15-;/m0./s1. The number of carbonyl (C=O) groups excluding carboxylic acids is 1. The average Bonchev–Trinajstić information content (AvgIpc) is 3.44. The summed E-state index contributed by atoms with van der Waals surface area (Å²) in [6, 6.07) is 11.0. The Morgan fingerprint density at radius 2 is 1.60 bits per heavy atom. The van der Waals surface area contributed by atoms with Gasteiger partial charge in [0.2, 0.25) is 5.91 Å². The highest BCUT2D eigenvalue weighted by Gasteiger charge is 2.30. The first kappa shape index (κ1) is 26.6. The second-order valence-electron chi connectivity index (χ2n) is 10.9. The summed E-state index contributed by atoms with van der Waals surface area (Å²) in [5.41, 5.74) is 6.25. The van der Waals surface area contributed by atoms with Gasteiger partial charge in [0, 0.05) is 40.2 Å². The lowest BCUT2D eigenvalue weighted by molar-refractivity contribution is -0.117. The molecule has 1 aliphatic rings. The third-order valence-electron chi connectivity index (χ3n) is 5.73. The van der Waals surface area contributed by atoms with Crippen molar-refractivity contribution in [2.75, 3.05) is 22.5 Å². The maximum Gasteiger partial charge on any atom is 0.248 e. The third-order valence-corrected chi connectivity index (χ3v) is 5.98. The first-order chi connectivity index (χ1) is 16.3. The Bertz CT molecular complexity index is 1110. The largest absolute Gasteiger partial charge is 0.381 e. The van der Waals surface area contributed by atoms with E-state index in [0.29, 0.717) is 16.7 Å². The number of halogens is 1. The lowest BCUT2D eigenvalue weighted by atomic mass is 9.93. The number of nitrogens with two attached hydrogens (primary N) is 1. The van der Waals surface area contributed by atoms with Crippen molar-refractivity contribution in [3.63, 3.8) is 0 Å². The second kappa shape index (κ2) is 10.7. The Kier molecular flexibility index (Phi) is 8.15. The molecule has 1 aliphatic heterocycles. The van der Waals surface area contributed by atoms with Crippen LogP contribution in [0, 0.1) is 0 Å². The number of rotatable bonds is 3. The zero-order chi connectivity index (χ0) is 25.8. The van der Waals surface area contributed by atoms with Gasteiger partial charge in [0.15, 0.2) is 11.6 Å². The molecule has 1 fully saturated rings. The van der Waals surface area contributed by atoms with E-state index in [1.165, 1.54) is 0 Å². The van der Waals surface area contributed by atoms with Crippen LogP contribution in [0.3, 0.4) is 0 Å². The van der Waals surface area contributed by atoms with Crippen LogP contribution in [0.1, 0.15) is 72.3 Å². The number of hydrogen-bond donors (Lipinski definition) is 2. The van der Waals surface area contributed by atoms with E-state index >= 15 is 0 Å². The first-order valence-corrected chi connectivity index (χ1v) is 12.3. The number of benzene rings is 1. The summed E-state index contributed by atoms with van der Waals surface area (Å²) in [6.07, 6.45) is 2.93. The van der Waals surface area contributed by atoms with Crippen LogP contribution in [-0.4, -0.2) is 28.8 Å². The van der Waals surface area contributed by atoms with Gasteiger partial charge >= 0.3 is 0 Å². The molecule has 190 valence electrons. The molecule has 8 nitrogen and oxygen atoms in total. The Morgan fingerprint density at radius 3 is 2.11 bits per heavy atom. The van der Waals surface area contributed by atoms with E-state index in [-0.39, 0.29) is 22.8 Å². The molecule has 3 aromatic rings. The van der Waals surface area contributed by atoms with E-state index in [0.717, 1.165) is 43.0 Å². The number of nitrogens with one attached hydrogen (secondary N) is 1. The summed E-state index contributed by atoms with van der Waals surface area (Å²) in [5.74, 6) is 2.44. The van der Waals surface area contributed by atoms with Gasteiger partial charge in [-0.25, -0.2) is 0 Å². The lowest BCUT2D eigenvalue weighted by Gasteiger charge is -2.36. The van der Waals surface area contributed by atoms with Crippen LogP contribution >= 0.6 is 11.6 Å². The minimum Gasteiger partial charge on any atom is -0.381 e. The molecule has 3 heterocycles. The van der Waals surface area contributed by atoms with E-state index in [4.69, 9.17) is 26.4 Å². The van der Waals surface area contributed by atoms with Crippen LogP contribution in [0.4, 0.5) is 17.3 Å². The highest BCUT2D eigenvalue weighted by Crippen LogP contribution is 2.28. The summed E-state index contributed by atoms with van der Waals surface area (Å²) < 4.78 is 10.3. The van der Waals surface area contributed by atoms with Crippen LogP contribution < -0.4 is 16.0 Å². The van der Waals surface area contributed by atoms with E-state index in [2.05, 4.69) is 20.5 Å². The molecule has 4 rings (SSSR count). The predicted molar refractivity (Wildman–Crippen MR) is 140 cm³/mol. The zero-order valence-electron chi connectivity index (χ0n) is 21.4. The molecule has 2 aromatic heterocycles. The van der Waals surface area contributed by atoms with Crippen LogP contribution in [0.5, 0.6) is 0 Å². The Labute approximate surface area is 212 Å². The quantitative estimate of drug-likeness (QED) is 0.441. The Balaban J connectivity index is 0.000000287. The molecule has 35 heavy (non-hydrogen) atoms. The van der Waals surface area contributed by atoms with Gasteiger partial charge in [-0.1, -0.05) is 63.5 Å². The summed E-state index contributed by atoms with van der Waals surface area (Å²) >= 11 is 5.98. The number of anilines is 3.